The monoisotopic (exact) mass is 362 g/mol. The van der Waals surface area contributed by atoms with Crippen LogP contribution in [0, 0.1) is 0 Å². The number of nitrogens with two attached hydrogens (primary N) is 1. The van der Waals surface area contributed by atoms with Crippen LogP contribution in [0.1, 0.15) is 52.2 Å². The Balaban J connectivity index is 2.24. The van der Waals surface area contributed by atoms with Crippen molar-refractivity contribution in [2.75, 3.05) is 6.54 Å². The van der Waals surface area contributed by atoms with E-state index in [4.69, 9.17) is 5.73 Å². The van der Waals surface area contributed by atoms with Crippen molar-refractivity contribution in [1.82, 2.24) is 5.32 Å². The fourth-order valence-corrected chi connectivity index (χ4v) is 3.79. The van der Waals surface area contributed by atoms with Crippen LogP contribution in [-0.4, -0.2) is 18.5 Å². The molecule has 2 aromatic rings. The van der Waals surface area contributed by atoms with Crippen LogP contribution in [0.2, 0.25) is 0 Å². The number of primary amides is 1. The molecule has 1 saturated heterocycles. The van der Waals surface area contributed by atoms with Gasteiger partial charge in [-0.1, -0.05) is 42.8 Å². The van der Waals surface area contributed by atoms with Gasteiger partial charge in [0.25, 0.3) is 0 Å². The van der Waals surface area contributed by atoms with E-state index in [0.717, 1.165) is 37.4 Å². The van der Waals surface area contributed by atoms with Gasteiger partial charge in [-0.05, 0) is 42.6 Å². The Morgan fingerprint density at radius 2 is 1.81 bits per heavy atom. The van der Waals surface area contributed by atoms with E-state index >= 15 is 0 Å². The Bertz CT molecular complexity index is 768. The average molecular weight is 362 g/mol. The topological polar surface area (TPSA) is 55.1 Å². The minimum atomic E-state index is -4.57. The Labute approximate surface area is 150 Å². The van der Waals surface area contributed by atoms with E-state index in [1.807, 2.05) is 6.07 Å². The van der Waals surface area contributed by atoms with Gasteiger partial charge in [-0.25, -0.2) is 0 Å². The van der Waals surface area contributed by atoms with Crippen molar-refractivity contribution in [2.24, 2.45) is 5.73 Å². The number of piperidine rings is 1. The van der Waals surface area contributed by atoms with Gasteiger partial charge in [0.2, 0.25) is 5.91 Å². The van der Waals surface area contributed by atoms with Crippen LogP contribution in [0.25, 0.3) is 0 Å². The van der Waals surface area contributed by atoms with E-state index < -0.39 is 23.6 Å². The van der Waals surface area contributed by atoms with E-state index in [0.29, 0.717) is 0 Å². The van der Waals surface area contributed by atoms with Gasteiger partial charge in [0, 0.05) is 17.5 Å². The van der Waals surface area contributed by atoms with Gasteiger partial charge in [-0.2, -0.15) is 13.2 Å². The molecule has 2 aromatic carbocycles. The smallest absolute Gasteiger partial charge is 0.366 e. The predicted octanol–water partition coefficient (Wildman–Crippen LogP) is 4.08. The number of hydrogen-bond donors (Lipinski definition) is 2. The van der Waals surface area contributed by atoms with E-state index in [-0.39, 0.29) is 17.2 Å². The molecular weight excluding hydrogens is 341 g/mol. The van der Waals surface area contributed by atoms with Crippen LogP contribution in [0.15, 0.2) is 48.5 Å². The standard InChI is InChI=1S/C20H21F3N2O/c21-20(22,23)15-10-6-9-14(19(24)26)18(15)17(13-7-2-1-3-8-13)16-11-4-5-12-25-16/h1-3,6-10,16-17,25H,4-5,11-12H2,(H2,24,26). The first-order valence-corrected chi connectivity index (χ1v) is 8.68. The van der Waals surface area contributed by atoms with Gasteiger partial charge in [-0.15, -0.1) is 0 Å². The van der Waals surface area contributed by atoms with Crippen molar-refractivity contribution < 1.29 is 18.0 Å². The Morgan fingerprint density at radius 1 is 1.08 bits per heavy atom. The summed E-state index contributed by atoms with van der Waals surface area (Å²) in [4.78, 5) is 12.0. The molecule has 1 amide bonds. The lowest BCUT2D eigenvalue weighted by Gasteiger charge is -2.34. The highest BCUT2D eigenvalue weighted by atomic mass is 19.4. The number of benzene rings is 2. The van der Waals surface area contributed by atoms with Crippen molar-refractivity contribution in [2.45, 2.75) is 37.4 Å². The number of nitrogens with one attached hydrogen (secondary N) is 1. The third kappa shape index (κ3) is 3.75. The lowest BCUT2D eigenvalue weighted by Crippen LogP contribution is -2.40. The fourth-order valence-electron chi connectivity index (χ4n) is 3.79. The summed E-state index contributed by atoms with van der Waals surface area (Å²) in [5.41, 5.74) is 5.29. The maximum Gasteiger partial charge on any atom is 0.416 e. The highest BCUT2D eigenvalue weighted by Gasteiger charge is 2.40. The molecule has 1 heterocycles. The number of rotatable bonds is 4. The normalized spacial score (nSPS) is 19.1. The molecule has 3 N–H and O–H groups in total. The quantitative estimate of drug-likeness (QED) is 0.861. The van der Waals surface area contributed by atoms with Gasteiger partial charge < -0.3 is 11.1 Å². The minimum Gasteiger partial charge on any atom is -0.366 e. The largest absolute Gasteiger partial charge is 0.416 e. The molecule has 26 heavy (non-hydrogen) atoms. The van der Waals surface area contributed by atoms with Crippen LogP contribution < -0.4 is 11.1 Å². The first-order valence-electron chi connectivity index (χ1n) is 8.68. The van der Waals surface area contributed by atoms with Gasteiger partial charge in [0.1, 0.15) is 0 Å². The Hall–Kier alpha value is -2.34. The van der Waals surface area contributed by atoms with Crippen LogP contribution in [0.4, 0.5) is 13.2 Å². The number of alkyl halides is 3. The molecule has 0 aliphatic carbocycles. The minimum absolute atomic E-state index is 0.0295. The molecule has 2 unspecified atom stereocenters. The van der Waals surface area contributed by atoms with E-state index in [1.165, 1.54) is 12.1 Å². The second-order valence-corrected chi connectivity index (χ2v) is 6.57. The Morgan fingerprint density at radius 3 is 2.38 bits per heavy atom. The molecular formula is C20H21F3N2O. The third-order valence-electron chi connectivity index (χ3n) is 4.90. The van der Waals surface area contributed by atoms with E-state index in [2.05, 4.69) is 5.32 Å². The maximum absolute atomic E-state index is 13.8. The van der Waals surface area contributed by atoms with Crippen molar-refractivity contribution in [1.29, 1.82) is 0 Å². The molecule has 0 bridgehead atoms. The summed E-state index contributed by atoms with van der Waals surface area (Å²) in [7, 11) is 0. The molecule has 1 aliphatic heterocycles. The number of carbonyl (C=O) groups excluding carboxylic acids is 1. The van der Waals surface area contributed by atoms with Gasteiger partial charge in [0.15, 0.2) is 0 Å². The highest BCUT2D eigenvalue weighted by molar-refractivity contribution is 5.95. The molecule has 6 heteroatoms. The van der Waals surface area contributed by atoms with Crippen LogP contribution in [-0.2, 0) is 6.18 Å². The van der Waals surface area contributed by atoms with Gasteiger partial charge in [0.05, 0.1) is 5.56 Å². The summed E-state index contributed by atoms with van der Waals surface area (Å²) in [6.07, 6.45) is -1.91. The zero-order chi connectivity index (χ0) is 18.7. The summed E-state index contributed by atoms with van der Waals surface area (Å²) in [6.45, 7) is 0.744. The second-order valence-electron chi connectivity index (χ2n) is 6.57. The second kappa shape index (κ2) is 7.50. The van der Waals surface area contributed by atoms with Crippen LogP contribution in [0.5, 0.6) is 0 Å². The van der Waals surface area contributed by atoms with Crippen molar-refractivity contribution >= 4 is 5.91 Å². The number of amides is 1. The first-order chi connectivity index (χ1) is 12.4. The molecule has 2 atom stereocenters. The highest BCUT2D eigenvalue weighted by Crippen LogP contribution is 2.42. The molecule has 0 spiro atoms. The fraction of sp³-hybridized carbons (Fsp3) is 0.350. The molecule has 1 aliphatic rings. The molecule has 3 nitrogen and oxygen atoms in total. The van der Waals surface area contributed by atoms with Crippen molar-refractivity contribution in [3.8, 4) is 0 Å². The zero-order valence-corrected chi connectivity index (χ0v) is 14.2. The molecule has 3 rings (SSSR count). The molecule has 0 saturated carbocycles. The summed E-state index contributed by atoms with van der Waals surface area (Å²) in [5.74, 6) is -1.44. The predicted molar refractivity (Wildman–Crippen MR) is 93.9 cm³/mol. The summed E-state index contributed by atoms with van der Waals surface area (Å²) >= 11 is 0. The van der Waals surface area contributed by atoms with Crippen molar-refractivity contribution in [3.05, 3.63) is 70.8 Å². The first kappa shape index (κ1) is 18.5. The lowest BCUT2D eigenvalue weighted by atomic mass is 9.77. The lowest BCUT2D eigenvalue weighted by molar-refractivity contribution is -0.138. The Kier molecular flexibility index (Phi) is 5.32. The van der Waals surface area contributed by atoms with Crippen LogP contribution >= 0.6 is 0 Å². The number of hydrogen-bond acceptors (Lipinski definition) is 2. The number of halogens is 3. The number of carbonyl (C=O) groups is 1. The maximum atomic E-state index is 13.8. The van der Waals surface area contributed by atoms with E-state index in [1.54, 1.807) is 24.3 Å². The van der Waals surface area contributed by atoms with Gasteiger partial charge >= 0.3 is 6.18 Å². The molecule has 138 valence electrons. The third-order valence-corrected chi connectivity index (χ3v) is 4.90. The molecule has 1 fully saturated rings. The van der Waals surface area contributed by atoms with Gasteiger partial charge in [-0.3, -0.25) is 4.79 Å². The SMILES string of the molecule is NC(=O)c1cccc(C(F)(F)F)c1C(c1ccccc1)C1CCCCN1. The average Bonchev–Trinajstić information content (AvgIpc) is 2.63. The summed E-state index contributed by atoms with van der Waals surface area (Å²) in [5, 5.41) is 3.34. The van der Waals surface area contributed by atoms with Crippen molar-refractivity contribution in [3.63, 3.8) is 0 Å². The van der Waals surface area contributed by atoms with Crippen LogP contribution in [0.3, 0.4) is 0 Å². The summed E-state index contributed by atoms with van der Waals surface area (Å²) < 4.78 is 41.3. The summed E-state index contributed by atoms with van der Waals surface area (Å²) in [6, 6.07) is 12.5. The van der Waals surface area contributed by atoms with E-state index in [9.17, 15) is 18.0 Å². The molecule has 0 radical (unpaired) electrons. The molecule has 0 aromatic heterocycles. The zero-order valence-electron chi connectivity index (χ0n) is 14.2.